The zero-order valence-electron chi connectivity index (χ0n) is 10.9. The van der Waals surface area contributed by atoms with Gasteiger partial charge >= 0.3 is 5.97 Å². The Hall–Kier alpha value is -1.63. The van der Waals surface area contributed by atoms with Crippen LogP contribution in [-0.2, 0) is 14.8 Å². The van der Waals surface area contributed by atoms with Crippen LogP contribution in [-0.4, -0.2) is 25.5 Å². The smallest absolute Gasteiger partial charge is 0.310 e. The second-order valence-electron chi connectivity index (χ2n) is 4.69. The van der Waals surface area contributed by atoms with Crippen molar-refractivity contribution < 1.29 is 18.3 Å². The molecule has 0 amide bonds. The number of halogens is 1. The number of hydrogen-bond donors (Lipinski definition) is 2. The lowest BCUT2D eigenvalue weighted by molar-refractivity contribution is -0.140. The number of aliphatic carboxylic acids is 1. The van der Waals surface area contributed by atoms with Crippen molar-refractivity contribution in [1.82, 2.24) is 4.72 Å². The van der Waals surface area contributed by atoms with Gasteiger partial charge in [-0.05, 0) is 30.2 Å². The summed E-state index contributed by atoms with van der Waals surface area (Å²) in [5.74, 6) is -1.59. The molecule has 1 aromatic rings. The van der Waals surface area contributed by atoms with Crippen molar-refractivity contribution in [3.63, 3.8) is 0 Å². The van der Waals surface area contributed by atoms with E-state index in [4.69, 9.17) is 16.7 Å². The van der Waals surface area contributed by atoms with Crippen LogP contribution < -0.4 is 4.72 Å². The molecule has 0 radical (unpaired) electrons. The number of benzene rings is 1. The van der Waals surface area contributed by atoms with Crippen LogP contribution >= 0.6 is 11.6 Å². The highest BCUT2D eigenvalue weighted by Gasteiger charge is 2.26. The molecule has 7 heteroatoms. The van der Waals surface area contributed by atoms with Crippen molar-refractivity contribution in [1.29, 1.82) is 0 Å². The molecule has 5 nitrogen and oxygen atoms in total. The molecule has 1 aliphatic carbocycles. The highest BCUT2D eigenvalue weighted by Crippen LogP contribution is 2.19. The first kappa shape index (κ1) is 15.8. The van der Waals surface area contributed by atoms with Crippen molar-refractivity contribution in [3.05, 3.63) is 52.4 Å². The monoisotopic (exact) mass is 327 g/mol. The summed E-state index contributed by atoms with van der Waals surface area (Å²) in [5, 5.41) is 10.5. The molecule has 2 atom stereocenters. The van der Waals surface area contributed by atoms with Crippen molar-refractivity contribution >= 4 is 33.7 Å². The van der Waals surface area contributed by atoms with E-state index in [-0.39, 0.29) is 6.42 Å². The van der Waals surface area contributed by atoms with E-state index in [1.54, 1.807) is 30.3 Å². The Morgan fingerprint density at radius 3 is 2.52 bits per heavy atom. The summed E-state index contributed by atoms with van der Waals surface area (Å²) in [6.07, 6.45) is 4.74. The first-order valence-corrected chi connectivity index (χ1v) is 8.15. The highest BCUT2D eigenvalue weighted by atomic mass is 35.5. The van der Waals surface area contributed by atoms with Gasteiger partial charge in [0.1, 0.15) is 0 Å². The maximum absolute atomic E-state index is 11.9. The van der Waals surface area contributed by atoms with Crippen LogP contribution in [0.3, 0.4) is 0 Å². The Balaban J connectivity index is 1.98. The third-order valence-electron chi connectivity index (χ3n) is 3.03. The Bertz CT molecular complexity index is 679. The Labute approximate surface area is 128 Å². The predicted octanol–water partition coefficient (Wildman–Crippen LogP) is 2.26. The SMILES string of the molecule is O=C(O)C1C=CC(NS(=O)(=O)C=Cc2ccc(Cl)cc2)C1. The highest BCUT2D eigenvalue weighted by molar-refractivity contribution is 7.92. The number of carboxylic acids is 1. The standard InChI is InChI=1S/C14H14ClNO4S/c15-12-4-1-10(2-5-12)7-8-21(19,20)16-13-6-3-11(9-13)14(17)18/h1-8,11,13,16H,9H2,(H,17,18). The number of hydrogen-bond acceptors (Lipinski definition) is 3. The molecule has 1 aromatic carbocycles. The van der Waals surface area contributed by atoms with Gasteiger partial charge in [-0.25, -0.2) is 13.1 Å². The molecule has 2 N–H and O–H groups in total. The van der Waals surface area contributed by atoms with Crippen LogP contribution in [0, 0.1) is 5.92 Å². The molecule has 112 valence electrons. The molecule has 0 aliphatic heterocycles. The van der Waals surface area contributed by atoms with Crippen LogP contribution in [0.4, 0.5) is 0 Å². The van der Waals surface area contributed by atoms with Gasteiger partial charge in [-0.15, -0.1) is 0 Å². The zero-order valence-corrected chi connectivity index (χ0v) is 12.5. The van der Waals surface area contributed by atoms with Gasteiger partial charge in [0.05, 0.1) is 5.92 Å². The molecule has 0 bridgehead atoms. The fraction of sp³-hybridized carbons (Fsp3) is 0.214. The number of carbonyl (C=O) groups is 1. The van der Waals surface area contributed by atoms with Crippen molar-refractivity contribution in [2.45, 2.75) is 12.5 Å². The van der Waals surface area contributed by atoms with Crippen molar-refractivity contribution in [2.75, 3.05) is 0 Å². The summed E-state index contributed by atoms with van der Waals surface area (Å²) in [4.78, 5) is 10.8. The normalized spacial score (nSPS) is 22.0. The molecule has 21 heavy (non-hydrogen) atoms. The van der Waals surface area contributed by atoms with Crippen LogP contribution in [0.15, 0.2) is 41.8 Å². The van der Waals surface area contributed by atoms with Gasteiger partial charge in [-0.3, -0.25) is 4.79 Å². The molecule has 2 unspecified atom stereocenters. The van der Waals surface area contributed by atoms with Gasteiger partial charge in [-0.2, -0.15) is 0 Å². The Morgan fingerprint density at radius 2 is 1.95 bits per heavy atom. The fourth-order valence-corrected chi connectivity index (χ4v) is 3.10. The van der Waals surface area contributed by atoms with Gasteiger partial charge in [0.2, 0.25) is 10.0 Å². The minimum absolute atomic E-state index is 0.226. The lowest BCUT2D eigenvalue weighted by atomic mass is 10.1. The Morgan fingerprint density at radius 1 is 1.29 bits per heavy atom. The van der Waals surface area contributed by atoms with Crippen LogP contribution in [0.25, 0.3) is 6.08 Å². The number of sulfonamides is 1. The minimum atomic E-state index is -3.63. The largest absolute Gasteiger partial charge is 0.481 e. The van der Waals surface area contributed by atoms with Crippen molar-refractivity contribution in [2.24, 2.45) is 5.92 Å². The quantitative estimate of drug-likeness (QED) is 0.812. The first-order valence-electron chi connectivity index (χ1n) is 6.23. The summed E-state index contributed by atoms with van der Waals surface area (Å²) in [7, 11) is -3.63. The van der Waals surface area contributed by atoms with E-state index in [1.165, 1.54) is 12.2 Å². The molecule has 0 saturated heterocycles. The molecule has 0 spiro atoms. The second-order valence-corrected chi connectivity index (χ2v) is 6.72. The maximum Gasteiger partial charge on any atom is 0.310 e. The number of carboxylic acid groups (broad SMARTS) is 1. The molecule has 1 aliphatic rings. The van der Waals surface area contributed by atoms with Gasteiger partial charge in [0.15, 0.2) is 0 Å². The van der Waals surface area contributed by atoms with E-state index < -0.39 is 28.0 Å². The summed E-state index contributed by atoms with van der Waals surface area (Å²) in [6.45, 7) is 0. The summed E-state index contributed by atoms with van der Waals surface area (Å²) in [6, 6.07) is 6.23. The molecule has 0 fully saturated rings. The fourth-order valence-electron chi connectivity index (χ4n) is 1.96. The Kier molecular flexibility index (Phi) is 4.82. The lowest BCUT2D eigenvalue weighted by Crippen LogP contribution is -2.31. The molecule has 2 rings (SSSR count). The summed E-state index contributed by atoms with van der Waals surface area (Å²) in [5.41, 5.74) is 0.704. The zero-order chi connectivity index (χ0) is 15.5. The van der Waals surface area contributed by atoms with Gasteiger partial charge in [0.25, 0.3) is 0 Å². The van der Waals surface area contributed by atoms with E-state index in [9.17, 15) is 13.2 Å². The minimum Gasteiger partial charge on any atom is -0.481 e. The number of rotatable bonds is 5. The van der Waals surface area contributed by atoms with Gasteiger partial charge in [-0.1, -0.05) is 35.9 Å². The van der Waals surface area contributed by atoms with E-state index in [0.717, 1.165) is 5.41 Å². The van der Waals surface area contributed by atoms with E-state index in [1.807, 2.05) is 0 Å². The van der Waals surface area contributed by atoms with E-state index >= 15 is 0 Å². The topological polar surface area (TPSA) is 83.5 Å². The predicted molar refractivity (Wildman–Crippen MR) is 81.2 cm³/mol. The van der Waals surface area contributed by atoms with Crippen LogP contribution in [0.2, 0.25) is 5.02 Å². The third kappa shape index (κ3) is 4.70. The molecule has 0 heterocycles. The molecular formula is C14H14ClNO4S. The van der Waals surface area contributed by atoms with E-state index in [2.05, 4.69) is 4.72 Å². The van der Waals surface area contributed by atoms with Crippen LogP contribution in [0.1, 0.15) is 12.0 Å². The van der Waals surface area contributed by atoms with Crippen molar-refractivity contribution in [3.8, 4) is 0 Å². The first-order chi connectivity index (χ1) is 9.85. The van der Waals surface area contributed by atoms with Gasteiger partial charge in [0, 0.05) is 16.5 Å². The summed E-state index contributed by atoms with van der Waals surface area (Å²) < 4.78 is 26.2. The average molecular weight is 328 g/mol. The summed E-state index contributed by atoms with van der Waals surface area (Å²) >= 11 is 5.74. The van der Waals surface area contributed by atoms with Crippen LogP contribution in [0.5, 0.6) is 0 Å². The maximum atomic E-state index is 11.9. The van der Waals surface area contributed by atoms with Gasteiger partial charge < -0.3 is 5.11 Å². The lowest BCUT2D eigenvalue weighted by Gasteiger charge is -2.10. The molecule has 0 saturated carbocycles. The number of nitrogens with one attached hydrogen (secondary N) is 1. The second kappa shape index (κ2) is 6.43. The van der Waals surface area contributed by atoms with E-state index in [0.29, 0.717) is 10.6 Å². The third-order valence-corrected chi connectivity index (χ3v) is 4.40. The molecular weight excluding hydrogens is 314 g/mol. The average Bonchev–Trinajstić information content (AvgIpc) is 2.86. The molecule has 0 aromatic heterocycles.